The van der Waals surface area contributed by atoms with Gasteiger partial charge in [0.05, 0.1) is 11.8 Å². The van der Waals surface area contributed by atoms with Crippen LogP contribution in [0.2, 0.25) is 5.02 Å². The summed E-state index contributed by atoms with van der Waals surface area (Å²) in [5.74, 6) is -0.212. The van der Waals surface area contributed by atoms with Crippen molar-refractivity contribution < 1.29 is 19.1 Å². The number of amides is 1. The number of aromatic nitrogens is 2. The zero-order valence-corrected chi connectivity index (χ0v) is 19.3. The lowest BCUT2D eigenvalue weighted by atomic mass is 10.1. The minimum Gasteiger partial charge on any atom is -0.489 e. The van der Waals surface area contributed by atoms with E-state index in [1.54, 1.807) is 49.0 Å². The molecule has 0 fully saturated rings. The maximum atomic E-state index is 12.9. The highest BCUT2D eigenvalue weighted by Gasteiger charge is 2.21. The van der Waals surface area contributed by atoms with Gasteiger partial charge in [-0.15, -0.1) is 0 Å². The molecule has 1 N–H and O–H groups in total. The molecule has 0 radical (unpaired) electrons. The number of rotatable bonds is 8. The molecule has 0 spiro atoms. The average Bonchev–Trinajstić information content (AvgIpc) is 3.16. The Labute approximate surface area is 192 Å². The number of benzene rings is 2. The van der Waals surface area contributed by atoms with Gasteiger partial charge in [-0.2, -0.15) is 5.10 Å². The molecule has 1 heterocycles. The highest BCUT2D eigenvalue weighted by molar-refractivity contribution is 6.30. The lowest BCUT2D eigenvalue weighted by molar-refractivity contribution is 0.0371. The summed E-state index contributed by atoms with van der Waals surface area (Å²) in [7, 11) is 0. The molecule has 7 nitrogen and oxygen atoms in total. The van der Waals surface area contributed by atoms with Crippen LogP contribution in [-0.4, -0.2) is 27.8 Å². The van der Waals surface area contributed by atoms with Crippen molar-refractivity contribution in [1.82, 2.24) is 9.78 Å². The van der Waals surface area contributed by atoms with Crippen LogP contribution in [0.1, 0.15) is 52.7 Å². The Morgan fingerprint density at radius 1 is 1.19 bits per heavy atom. The Kier molecular flexibility index (Phi) is 7.53. The molecule has 3 aromatic rings. The van der Waals surface area contributed by atoms with Gasteiger partial charge in [-0.3, -0.25) is 9.48 Å². The topological polar surface area (TPSA) is 82.5 Å². The highest BCUT2D eigenvalue weighted by Crippen LogP contribution is 2.23. The molecule has 0 atom stereocenters. The van der Waals surface area contributed by atoms with Crippen molar-refractivity contribution in [3.05, 3.63) is 76.1 Å². The quantitative estimate of drug-likeness (QED) is 0.468. The van der Waals surface area contributed by atoms with E-state index in [0.29, 0.717) is 29.4 Å². The normalized spacial score (nSPS) is 10.8. The number of carbonyl (C=O) groups excluding carboxylic acids is 2. The minimum atomic E-state index is -0.581. The fourth-order valence-corrected chi connectivity index (χ4v) is 3.25. The minimum absolute atomic E-state index is 0.0756. The first-order chi connectivity index (χ1) is 15.3. The summed E-state index contributed by atoms with van der Waals surface area (Å²) in [4.78, 5) is 25.2. The van der Waals surface area contributed by atoms with Crippen LogP contribution in [-0.2, 0) is 17.9 Å². The van der Waals surface area contributed by atoms with E-state index in [9.17, 15) is 9.59 Å². The van der Waals surface area contributed by atoms with E-state index in [1.165, 1.54) is 0 Å². The summed E-state index contributed by atoms with van der Waals surface area (Å²) in [6.45, 7) is 8.17. The van der Waals surface area contributed by atoms with Crippen LogP contribution < -0.4 is 10.1 Å². The van der Waals surface area contributed by atoms with Crippen molar-refractivity contribution in [2.75, 3.05) is 5.32 Å². The molecular formula is C24H26ClN3O4. The van der Waals surface area contributed by atoms with E-state index >= 15 is 0 Å². The number of ether oxygens (including phenoxy) is 2. The Hall–Kier alpha value is -3.32. The van der Waals surface area contributed by atoms with E-state index < -0.39 is 5.97 Å². The predicted molar refractivity (Wildman–Crippen MR) is 123 cm³/mol. The summed E-state index contributed by atoms with van der Waals surface area (Å²) in [5.41, 5.74) is 2.58. The zero-order valence-electron chi connectivity index (χ0n) is 18.5. The van der Waals surface area contributed by atoms with Crippen molar-refractivity contribution in [2.45, 2.75) is 47.0 Å². The van der Waals surface area contributed by atoms with Gasteiger partial charge in [-0.05, 0) is 69.2 Å². The van der Waals surface area contributed by atoms with Crippen molar-refractivity contribution in [2.24, 2.45) is 0 Å². The van der Waals surface area contributed by atoms with Gasteiger partial charge in [0, 0.05) is 23.3 Å². The Morgan fingerprint density at radius 3 is 2.66 bits per heavy atom. The second-order valence-corrected chi connectivity index (χ2v) is 7.99. The average molecular weight is 456 g/mol. The molecular weight excluding hydrogens is 430 g/mol. The summed E-state index contributed by atoms with van der Waals surface area (Å²) in [5, 5.41) is 7.64. The number of halogens is 1. The third kappa shape index (κ3) is 5.88. The van der Waals surface area contributed by atoms with Gasteiger partial charge in [0.25, 0.3) is 5.91 Å². The fourth-order valence-electron chi connectivity index (χ4n) is 3.03. The first kappa shape index (κ1) is 23.3. The van der Waals surface area contributed by atoms with Crippen LogP contribution in [0, 0.1) is 6.92 Å². The van der Waals surface area contributed by atoms with E-state index in [4.69, 9.17) is 21.1 Å². The molecule has 0 saturated heterocycles. The van der Waals surface area contributed by atoms with Gasteiger partial charge in [0.15, 0.2) is 5.69 Å². The smallest absolute Gasteiger partial charge is 0.361 e. The van der Waals surface area contributed by atoms with E-state index in [1.807, 2.05) is 32.0 Å². The number of nitrogens with zero attached hydrogens (tertiary/aromatic N) is 2. The first-order valence-electron chi connectivity index (χ1n) is 10.3. The molecule has 1 amide bonds. The number of aryl methyl sites for hydroxylation is 2. The fraction of sp³-hybridized carbons (Fsp3) is 0.292. The first-order valence-corrected chi connectivity index (χ1v) is 10.7. The van der Waals surface area contributed by atoms with Crippen molar-refractivity contribution in [3.63, 3.8) is 0 Å². The lowest BCUT2D eigenvalue weighted by Gasteiger charge is -2.11. The molecule has 0 aliphatic heterocycles. The van der Waals surface area contributed by atoms with Crippen molar-refractivity contribution in [3.8, 4) is 5.75 Å². The van der Waals surface area contributed by atoms with Gasteiger partial charge in [-0.1, -0.05) is 23.7 Å². The van der Waals surface area contributed by atoms with Crippen LogP contribution in [0.5, 0.6) is 5.75 Å². The highest BCUT2D eigenvalue weighted by atomic mass is 35.5. The second-order valence-electron chi connectivity index (χ2n) is 7.55. The summed E-state index contributed by atoms with van der Waals surface area (Å²) >= 11 is 5.99. The maximum absolute atomic E-state index is 12.9. The number of anilines is 1. The summed E-state index contributed by atoms with van der Waals surface area (Å²) in [6, 6.07) is 12.5. The monoisotopic (exact) mass is 455 g/mol. The Balaban J connectivity index is 1.73. The molecule has 3 rings (SSSR count). The van der Waals surface area contributed by atoms with Crippen molar-refractivity contribution in [1.29, 1.82) is 0 Å². The molecule has 0 aliphatic carbocycles. The lowest BCUT2D eigenvalue weighted by Crippen LogP contribution is -2.17. The van der Waals surface area contributed by atoms with Crippen LogP contribution in [0.15, 0.2) is 48.7 Å². The van der Waals surface area contributed by atoms with Crippen molar-refractivity contribution >= 4 is 29.2 Å². The number of esters is 1. The van der Waals surface area contributed by atoms with E-state index in [2.05, 4.69) is 10.4 Å². The Bertz CT molecular complexity index is 1120. The SMILES string of the molecule is CCn1cc(NC(=O)c2cccc(COc3ccc(Cl)cc3C)c2)c(C(=O)OC(C)C)n1. The van der Waals surface area contributed by atoms with Crippen LogP contribution in [0.4, 0.5) is 5.69 Å². The molecule has 0 unspecified atom stereocenters. The molecule has 0 saturated carbocycles. The standard InChI is InChI=1S/C24H26ClN3O4/c1-5-28-13-20(22(27-28)24(30)32-15(2)3)26-23(29)18-8-6-7-17(12-18)14-31-21-10-9-19(25)11-16(21)4/h6-13,15H,5,14H2,1-4H3,(H,26,29). The summed E-state index contributed by atoms with van der Waals surface area (Å²) in [6.07, 6.45) is 1.32. The van der Waals surface area contributed by atoms with Gasteiger partial charge >= 0.3 is 5.97 Å². The second kappa shape index (κ2) is 10.3. The molecule has 2 aromatic carbocycles. The number of hydrogen-bond acceptors (Lipinski definition) is 5. The molecule has 0 bridgehead atoms. The van der Waals surface area contributed by atoms with Gasteiger partial charge in [0.2, 0.25) is 0 Å². The predicted octanol–water partition coefficient (Wildman–Crippen LogP) is 5.26. The third-order valence-electron chi connectivity index (χ3n) is 4.59. The zero-order chi connectivity index (χ0) is 23.3. The van der Waals surface area contributed by atoms with E-state index in [-0.39, 0.29) is 17.7 Å². The number of nitrogens with one attached hydrogen (secondary N) is 1. The molecule has 168 valence electrons. The van der Waals surface area contributed by atoms with Crippen LogP contribution in [0.3, 0.4) is 0 Å². The van der Waals surface area contributed by atoms with Crippen LogP contribution in [0.25, 0.3) is 0 Å². The van der Waals surface area contributed by atoms with Gasteiger partial charge < -0.3 is 14.8 Å². The largest absolute Gasteiger partial charge is 0.489 e. The Morgan fingerprint density at radius 2 is 1.97 bits per heavy atom. The number of carbonyl (C=O) groups is 2. The molecule has 32 heavy (non-hydrogen) atoms. The van der Waals surface area contributed by atoms with Gasteiger partial charge in [-0.25, -0.2) is 4.79 Å². The number of hydrogen-bond donors (Lipinski definition) is 1. The van der Waals surface area contributed by atoms with Crippen LogP contribution >= 0.6 is 11.6 Å². The molecule has 8 heteroatoms. The molecule has 0 aliphatic rings. The maximum Gasteiger partial charge on any atom is 0.361 e. The summed E-state index contributed by atoms with van der Waals surface area (Å²) < 4.78 is 12.7. The van der Waals surface area contributed by atoms with Gasteiger partial charge in [0.1, 0.15) is 12.4 Å². The third-order valence-corrected chi connectivity index (χ3v) is 4.83. The molecule has 1 aromatic heterocycles. The van der Waals surface area contributed by atoms with E-state index in [0.717, 1.165) is 16.9 Å².